The largest absolute Gasteiger partial charge is 0.507 e. The Morgan fingerprint density at radius 1 is 0.833 bits per heavy atom. The molecule has 10 nitrogen and oxygen atoms in total. The normalized spacial score (nSPS) is 11.2. The summed E-state index contributed by atoms with van der Waals surface area (Å²) in [7, 11) is 1.50. The Morgan fingerprint density at radius 2 is 1.53 bits per heavy atom. The van der Waals surface area contributed by atoms with Gasteiger partial charge < -0.3 is 39.1 Å². The number of aromatic hydroxyl groups is 4. The summed E-state index contributed by atoms with van der Waals surface area (Å²) in [4.78, 5) is 24.9. The molecule has 2 aromatic heterocycles. The summed E-state index contributed by atoms with van der Waals surface area (Å²) in [6.07, 6.45) is -0.506. The number of aliphatic carboxylic acids is 1. The van der Waals surface area contributed by atoms with E-state index in [1.165, 1.54) is 13.2 Å². The fraction of sp³-hybridized carbons (Fsp3) is 0.0769. The number of rotatable bonds is 5. The highest BCUT2D eigenvalue weighted by Gasteiger charge is 2.27. The zero-order valence-electron chi connectivity index (χ0n) is 18.6. The maximum atomic E-state index is 13.1. The van der Waals surface area contributed by atoms with Crippen molar-refractivity contribution in [3.05, 3.63) is 64.3 Å². The number of phenols is 3. The van der Waals surface area contributed by atoms with Gasteiger partial charge in [-0.25, -0.2) is 0 Å². The molecule has 0 fully saturated rings. The maximum absolute atomic E-state index is 13.1. The van der Waals surface area contributed by atoms with Gasteiger partial charge in [-0.05, 0) is 42.5 Å². The van der Waals surface area contributed by atoms with Crippen LogP contribution in [0.1, 0.15) is 5.56 Å². The molecule has 5 N–H and O–H groups in total. The second-order valence-corrected chi connectivity index (χ2v) is 7.99. The molecule has 0 spiro atoms. The van der Waals surface area contributed by atoms with Gasteiger partial charge in [0, 0.05) is 22.8 Å². The van der Waals surface area contributed by atoms with Gasteiger partial charge in [-0.3, -0.25) is 9.59 Å². The van der Waals surface area contributed by atoms with Crippen molar-refractivity contribution in [1.29, 1.82) is 0 Å². The average Bonchev–Trinajstić information content (AvgIpc) is 3.20. The van der Waals surface area contributed by atoms with E-state index in [4.69, 9.17) is 13.6 Å². The summed E-state index contributed by atoms with van der Waals surface area (Å²) in [5, 5.41) is 50.0. The molecule has 0 aliphatic heterocycles. The first kappa shape index (κ1) is 22.7. The van der Waals surface area contributed by atoms with Crippen molar-refractivity contribution in [2.24, 2.45) is 0 Å². The van der Waals surface area contributed by atoms with E-state index in [-0.39, 0.29) is 44.6 Å². The fourth-order valence-corrected chi connectivity index (χ4v) is 4.12. The number of hydrogen-bond acceptors (Lipinski definition) is 9. The number of carboxylic acid groups (broad SMARTS) is 1. The van der Waals surface area contributed by atoms with Gasteiger partial charge >= 0.3 is 5.97 Å². The number of ether oxygens (including phenoxy) is 1. The predicted molar refractivity (Wildman–Crippen MR) is 128 cm³/mol. The molecular weight excluding hydrogens is 472 g/mol. The van der Waals surface area contributed by atoms with E-state index in [2.05, 4.69) is 0 Å². The van der Waals surface area contributed by atoms with E-state index < -0.39 is 40.8 Å². The Morgan fingerprint density at radius 3 is 2.17 bits per heavy atom. The Hall–Kier alpha value is -5.12. The monoisotopic (exact) mass is 490 g/mol. The van der Waals surface area contributed by atoms with Crippen LogP contribution in [0.25, 0.3) is 44.6 Å². The van der Waals surface area contributed by atoms with Gasteiger partial charge in [-0.15, -0.1) is 0 Å². The first-order valence-electron chi connectivity index (χ1n) is 10.5. The number of benzene rings is 3. The van der Waals surface area contributed by atoms with Gasteiger partial charge in [0.05, 0.1) is 18.9 Å². The van der Waals surface area contributed by atoms with Gasteiger partial charge in [0.25, 0.3) is 0 Å². The molecule has 0 saturated heterocycles. The maximum Gasteiger partial charge on any atom is 0.307 e. The third kappa shape index (κ3) is 3.52. The van der Waals surface area contributed by atoms with Crippen molar-refractivity contribution in [2.45, 2.75) is 6.42 Å². The zero-order valence-corrected chi connectivity index (χ0v) is 18.6. The molecule has 0 bridgehead atoms. The number of methoxy groups -OCH3 is 1. The van der Waals surface area contributed by atoms with Crippen LogP contribution in [0.5, 0.6) is 28.7 Å². The van der Waals surface area contributed by atoms with E-state index in [1.54, 1.807) is 24.3 Å². The minimum Gasteiger partial charge on any atom is -0.507 e. The topological polar surface area (TPSA) is 171 Å². The Kier molecular flexibility index (Phi) is 5.21. The van der Waals surface area contributed by atoms with Crippen LogP contribution in [-0.4, -0.2) is 38.6 Å². The Balaban J connectivity index is 1.89. The summed E-state index contributed by atoms with van der Waals surface area (Å²) in [6.45, 7) is 0. The van der Waals surface area contributed by atoms with Crippen LogP contribution in [0, 0.1) is 0 Å². The third-order valence-electron chi connectivity index (χ3n) is 5.79. The lowest BCUT2D eigenvalue weighted by Gasteiger charge is -2.09. The molecule has 0 atom stereocenters. The van der Waals surface area contributed by atoms with E-state index in [1.807, 2.05) is 0 Å². The third-order valence-corrected chi connectivity index (χ3v) is 5.79. The minimum atomic E-state index is -1.18. The smallest absolute Gasteiger partial charge is 0.307 e. The molecule has 0 radical (unpaired) electrons. The summed E-state index contributed by atoms with van der Waals surface area (Å²) in [5.74, 6) is -3.12. The van der Waals surface area contributed by atoms with Crippen molar-refractivity contribution < 1.29 is 43.9 Å². The van der Waals surface area contributed by atoms with Crippen LogP contribution in [0.2, 0.25) is 0 Å². The van der Waals surface area contributed by atoms with Crippen molar-refractivity contribution in [3.8, 4) is 51.4 Å². The summed E-state index contributed by atoms with van der Waals surface area (Å²) >= 11 is 0. The number of phenolic OH excluding ortho intramolecular Hbond substituents is 3. The molecular formula is C26H18O10. The molecule has 2 heterocycles. The Labute approximate surface area is 201 Å². The summed E-state index contributed by atoms with van der Waals surface area (Å²) < 4.78 is 17.0. The molecule has 10 heteroatoms. The van der Waals surface area contributed by atoms with Crippen LogP contribution < -0.4 is 10.2 Å². The first-order valence-corrected chi connectivity index (χ1v) is 10.5. The highest BCUT2D eigenvalue weighted by atomic mass is 16.5. The van der Waals surface area contributed by atoms with Crippen LogP contribution >= 0.6 is 0 Å². The number of furan rings is 1. The lowest BCUT2D eigenvalue weighted by Crippen LogP contribution is -2.04. The quantitative estimate of drug-likeness (QED) is 0.223. The molecule has 3 aromatic carbocycles. The number of fused-ring (bicyclic) bond motifs is 3. The number of carboxylic acids is 1. The lowest BCUT2D eigenvalue weighted by atomic mass is 10.00. The van der Waals surface area contributed by atoms with E-state index >= 15 is 0 Å². The molecule has 5 aromatic rings. The van der Waals surface area contributed by atoms with Crippen molar-refractivity contribution in [2.75, 3.05) is 7.11 Å². The molecule has 182 valence electrons. The van der Waals surface area contributed by atoms with Crippen molar-refractivity contribution in [1.82, 2.24) is 0 Å². The van der Waals surface area contributed by atoms with Crippen LogP contribution in [0.15, 0.2) is 62.2 Å². The molecule has 5 rings (SSSR count). The SMILES string of the molecule is COc1ccc(-c2oc3cc(O)c4c(=O)c(O)c(-c5ccc(O)c(O)c5)oc4c3c2CC(=O)O)cc1. The van der Waals surface area contributed by atoms with E-state index in [9.17, 15) is 35.1 Å². The van der Waals surface area contributed by atoms with Crippen molar-refractivity contribution >= 4 is 27.9 Å². The molecule has 0 aliphatic rings. The van der Waals surface area contributed by atoms with Gasteiger partial charge in [0.1, 0.15) is 28.2 Å². The molecule has 0 aliphatic carbocycles. The van der Waals surface area contributed by atoms with Gasteiger partial charge in [0.15, 0.2) is 22.8 Å². The zero-order chi connectivity index (χ0) is 25.7. The standard InChI is InChI=1S/C26H18O10/c1-34-13-5-2-11(3-6-13)24-14(9-19(30)31)20-18(35-24)10-17(29)21-22(32)23(33)25(36-26(20)21)12-4-7-15(27)16(28)8-12/h2-8,10,27-29,33H,9H2,1H3,(H,30,31). The molecule has 0 amide bonds. The molecule has 0 saturated carbocycles. The average molecular weight is 490 g/mol. The predicted octanol–water partition coefficient (Wildman–Crippen LogP) is 4.33. The summed E-state index contributed by atoms with van der Waals surface area (Å²) in [6, 6.07) is 11.3. The fourth-order valence-electron chi connectivity index (χ4n) is 4.12. The highest BCUT2D eigenvalue weighted by Crippen LogP contribution is 2.43. The van der Waals surface area contributed by atoms with Gasteiger partial charge in [-0.1, -0.05) is 0 Å². The van der Waals surface area contributed by atoms with Gasteiger partial charge in [-0.2, -0.15) is 0 Å². The van der Waals surface area contributed by atoms with E-state index in [0.717, 1.165) is 18.2 Å². The lowest BCUT2D eigenvalue weighted by molar-refractivity contribution is -0.136. The second kappa shape index (κ2) is 8.27. The first-order chi connectivity index (χ1) is 17.2. The second-order valence-electron chi connectivity index (χ2n) is 7.99. The highest BCUT2D eigenvalue weighted by molar-refractivity contribution is 6.10. The van der Waals surface area contributed by atoms with Crippen LogP contribution in [-0.2, 0) is 11.2 Å². The van der Waals surface area contributed by atoms with Gasteiger partial charge in [0.2, 0.25) is 11.2 Å². The molecule has 36 heavy (non-hydrogen) atoms. The van der Waals surface area contributed by atoms with E-state index in [0.29, 0.717) is 11.3 Å². The number of hydrogen-bond donors (Lipinski definition) is 5. The molecule has 0 unspecified atom stereocenters. The number of carbonyl (C=O) groups is 1. The summed E-state index contributed by atoms with van der Waals surface area (Å²) in [5.41, 5.74) is -0.393. The minimum absolute atomic E-state index is 0.0513. The van der Waals surface area contributed by atoms with Crippen LogP contribution in [0.3, 0.4) is 0 Å². The van der Waals surface area contributed by atoms with Crippen LogP contribution in [0.4, 0.5) is 0 Å². The van der Waals surface area contributed by atoms with Crippen molar-refractivity contribution in [3.63, 3.8) is 0 Å². The Bertz CT molecular complexity index is 1730.